The number of ether oxygens (including phenoxy) is 2. The highest BCUT2D eigenvalue weighted by molar-refractivity contribution is 7.99. The summed E-state index contributed by atoms with van der Waals surface area (Å²) in [6.07, 6.45) is 1.65. The highest BCUT2D eigenvalue weighted by Gasteiger charge is 2.18. The van der Waals surface area contributed by atoms with Crippen molar-refractivity contribution in [1.82, 2.24) is 19.6 Å². The summed E-state index contributed by atoms with van der Waals surface area (Å²) < 4.78 is 13.4. The lowest BCUT2D eigenvalue weighted by Gasteiger charge is -2.19. The first kappa shape index (κ1) is 17.3. The van der Waals surface area contributed by atoms with Gasteiger partial charge in [-0.2, -0.15) is 0 Å². The summed E-state index contributed by atoms with van der Waals surface area (Å²) in [6.45, 7) is 3.06. The number of thiazole rings is 1. The number of benzene rings is 1. The number of carbonyl (C=O) groups excluding carboxylic acids is 1. The van der Waals surface area contributed by atoms with Crippen LogP contribution >= 0.6 is 23.1 Å². The molecule has 4 aromatic rings. The van der Waals surface area contributed by atoms with Crippen LogP contribution in [0, 0.1) is 6.92 Å². The molecule has 0 saturated heterocycles. The minimum atomic E-state index is -0.136. The topological polar surface area (TPSA) is 90.6 Å². The van der Waals surface area contributed by atoms with Crippen LogP contribution in [-0.2, 0) is 4.79 Å². The van der Waals surface area contributed by atoms with Crippen molar-refractivity contribution in [2.45, 2.75) is 12.1 Å². The third-order valence-corrected chi connectivity index (χ3v) is 5.92. The lowest BCUT2D eigenvalue weighted by Crippen LogP contribution is -2.15. The van der Waals surface area contributed by atoms with Gasteiger partial charge in [0.15, 0.2) is 27.4 Å². The van der Waals surface area contributed by atoms with Crippen molar-refractivity contribution in [3.8, 4) is 11.5 Å². The smallest absolute Gasteiger partial charge is 0.236 e. The van der Waals surface area contributed by atoms with Crippen LogP contribution in [0.2, 0.25) is 0 Å². The van der Waals surface area contributed by atoms with Crippen molar-refractivity contribution in [3.05, 3.63) is 35.3 Å². The SMILES string of the molecule is Cc1cc2cc3c(cc2n2c(SCC(=O)Nc4nccs4)nnc12)OCCO3. The molecule has 8 nitrogen and oxygen atoms in total. The molecule has 0 unspecified atom stereocenters. The Morgan fingerprint density at radius 1 is 1.25 bits per heavy atom. The van der Waals surface area contributed by atoms with E-state index in [0.29, 0.717) is 29.3 Å². The number of nitrogens with zero attached hydrogens (tertiary/aromatic N) is 4. The van der Waals surface area contributed by atoms with Gasteiger partial charge in [-0.3, -0.25) is 9.20 Å². The van der Waals surface area contributed by atoms with Crippen molar-refractivity contribution in [2.24, 2.45) is 0 Å². The molecule has 0 spiro atoms. The molecule has 1 aliphatic heterocycles. The van der Waals surface area contributed by atoms with E-state index < -0.39 is 0 Å². The fraction of sp³-hybridized carbons (Fsp3) is 0.222. The third-order valence-electron chi connectivity index (χ3n) is 4.30. The monoisotopic (exact) mass is 413 g/mol. The van der Waals surface area contributed by atoms with Gasteiger partial charge < -0.3 is 14.8 Å². The number of rotatable bonds is 4. The molecule has 0 radical (unpaired) electrons. The summed E-state index contributed by atoms with van der Waals surface area (Å²) in [7, 11) is 0. The van der Waals surface area contributed by atoms with Crippen LogP contribution in [0.3, 0.4) is 0 Å². The van der Waals surface area contributed by atoms with Crippen molar-refractivity contribution in [2.75, 3.05) is 24.3 Å². The van der Waals surface area contributed by atoms with Gasteiger partial charge in [0.2, 0.25) is 5.91 Å². The second kappa shape index (κ2) is 6.95. The molecule has 1 aromatic carbocycles. The van der Waals surface area contributed by atoms with Gasteiger partial charge in [-0.25, -0.2) is 4.98 Å². The Morgan fingerprint density at radius 2 is 2.07 bits per heavy atom. The van der Waals surface area contributed by atoms with E-state index in [9.17, 15) is 4.79 Å². The number of hydrogen-bond donors (Lipinski definition) is 1. The number of nitrogens with one attached hydrogen (secondary N) is 1. The number of carbonyl (C=O) groups is 1. The standard InChI is InChI=1S/C18H15N5O3S2/c1-10-6-11-7-13-14(26-4-3-25-13)8-12(11)23-16(10)21-22-18(23)28-9-15(24)20-17-19-2-5-27-17/h2,5-8H,3-4,9H2,1H3,(H,19,20,24). The van der Waals surface area contributed by atoms with Gasteiger partial charge in [0.25, 0.3) is 0 Å². The third kappa shape index (κ3) is 3.04. The predicted octanol–water partition coefficient (Wildman–Crippen LogP) is 3.15. The van der Waals surface area contributed by atoms with E-state index in [0.717, 1.165) is 27.9 Å². The molecular formula is C18H15N5O3S2. The second-order valence-corrected chi connectivity index (χ2v) is 8.03. The quantitative estimate of drug-likeness (QED) is 0.514. The van der Waals surface area contributed by atoms with Gasteiger partial charge in [-0.15, -0.1) is 21.5 Å². The number of amides is 1. The summed E-state index contributed by atoms with van der Waals surface area (Å²) in [5.74, 6) is 1.51. The number of pyridine rings is 1. The molecule has 0 fully saturated rings. The Bertz CT molecular complexity index is 1190. The average Bonchev–Trinajstić information content (AvgIpc) is 3.35. The summed E-state index contributed by atoms with van der Waals surface area (Å²) in [5.41, 5.74) is 2.67. The van der Waals surface area contributed by atoms with Crippen LogP contribution in [0.4, 0.5) is 5.13 Å². The summed E-state index contributed by atoms with van der Waals surface area (Å²) in [5, 5.41) is 15.4. The number of thioether (sulfide) groups is 1. The Labute approximate surface area is 167 Å². The molecular weight excluding hydrogens is 398 g/mol. The highest BCUT2D eigenvalue weighted by Crippen LogP contribution is 2.36. The zero-order valence-corrected chi connectivity index (χ0v) is 16.5. The van der Waals surface area contributed by atoms with Gasteiger partial charge >= 0.3 is 0 Å². The first-order valence-electron chi connectivity index (χ1n) is 8.59. The van der Waals surface area contributed by atoms with Gasteiger partial charge in [0, 0.05) is 23.0 Å². The molecule has 5 rings (SSSR count). The van der Waals surface area contributed by atoms with E-state index in [-0.39, 0.29) is 11.7 Å². The number of anilines is 1. The van der Waals surface area contributed by atoms with Crippen molar-refractivity contribution >= 4 is 50.7 Å². The van der Waals surface area contributed by atoms with E-state index >= 15 is 0 Å². The van der Waals surface area contributed by atoms with E-state index in [1.165, 1.54) is 23.1 Å². The summed E-state index contributed by atoms with van der Waals surface area (Å²) >= 11 is 2.71. The van der Waals surface area contributed by atoms with E-state index in [1.807, 2.05) is 28.8 Å². The zero-order valence-electron chi connectivity index (χ0n) is 14.8. The van der Waals surface area contributed by atoms with Crippen LogP contribution in [0.15, 0.2) is 34.9 Å². The Kier molecular flexibility index (Phi) is 4.29. The van der Waals surface area contributed by atoms with Crippen LogP contribution in [0.25, 0.3) is 16.6 Å². The molecule has 1 N–H and O–H groups in total. The summed E-state index contributed by atoms with van der Waals surface area (Å²) in [4.78, 5) is 16.3. The number of fused-ring (bicyclic) bond motifs is 4. The molecule has 28 heavy (non-hydrogen) atoms. The van der Waals surface area contributed by atoms with E-state index in [1.54, 1.807) is 6.20 Å². The van der Waals surface area contributed by atoms with Crippen molar-refractivity contribution in [3.63, 3.8) is 0 Å². The lowest BCUT2D eigenvalue weighted by atomic mass is 10.1. The van der Waals surface area contributed by atoms with E-state index in [2.05, 4.69) is 26.6 Å². The molecule has 0 saturated carbocycles. The molecule has 0 aliphatic carbocycles. The molecule has 3 aromatic heterocycles. The van der Waals surface area contributed by atoms with E-state index in [4.69, 9.17) is 9.47 Å². The molecule has 0 atom stereocenters. The maximum Gasteiger partial charge on any atom is 0.236 e. The Hall–Kier alpha value is -2.85. The zero-order chi connectivity index (χ0) is 19.1. The summed E-state index contributed by atoms with van der Waals surface area (Å²) in [6, 6.07) is 5.97. The van der Waals surface area contributed by atoms with Gasteiger partial charge in [-0.1, -0.05) is 11.8 Å². The van der Waals surface area contributed by atoms with Gasteiger partial charge in [0.1, 0.15) is 13.2 Å². The number of hydrogen-bond acceptors (Lipinski definition) is 8. The Balaban J connectivity index is 1.51. The number of aromatic nitrogens is 4. The average molecular weight is 413 g/mol. The van der Waals surface area contributed by atoms with Crippen LogP contribution in [-0.4, -0.2) is 44.5 Å². The van der Waals surface area contributed by atoms with Crippen LogP contribution in [0.1, 0.15) is 5.56 Å². The first-order chi connectivity index (χ1) is 13.7. The van der Waals surface area contributed by atoms with Crippen LogP contribution < -0.4 is 14.8 Å². The lowest BCUT2D eigenvalue weighted by molar-refractivity contribution is -0.113. The van der Waals surface area contributed by atoms with Crippen molar-refractivity contribution in [1.29, 1.82) is 0 Å². The fourth-order valence-corrected chi connectivity index (χ4v) is 4.40. The molecule has 1 amide bonds. The molecule has 0 bridgehead atoms. The Morgan fingerprint density at radius 3 is 2.86 bits per heavy atom. The minimum Gasteiger partial charge on any atom is -0.486 e. The largest absolute Gasteiger partial charge is 0.486 e. The maximum absolute atomic E-state index is 12.2. The molecule has 10 heteroatoms. The van der Waals surface area contributed by atoms with Crippen molar-refractivity contribution < 1.29 is 14.3 Å². The molecule has 142 valence electrons. The number of aryl methyl sites for hydroxylation is 1. The maximum atomic E-state index is 12.2. The first-order valence-corrected chi connectivity index (χ1v) is 10.5. The fourth-order valence-electron chi connectivity index (χ4n) is 3.11. The predicted molar refractivity (Wildman–Crippen MR) is 108 cm³/mol. The van der Waals surface area contributed by atoms with Crippen LogP contribution in [0.5, 0.6) is 11.5 Å². The second-order valence-electron chi connectivity index (χ2n) is 6.20. The molecule has 4 heterocycles. The minimum absolute atomic E-state index is 0.136. The normalized spacial score (nSPS) is 13.2. The van der Waals surface area contributed by atoms with Gasteiger partial charge in [-0.05, 0) is 24.6 Å². The highest BCUT2D eigenvalue weighted by atomic mass is 32.2. The molecule has 1 aliphatic rings. The van der Waals surface area contributed by atoms with Gasteiger partial charge in [0.05, 0.1) is 11.3 Å².